The molecule has 0 aliphatic heterocycles. The zero-order valence-electron chi connectivity index (χ0n) is 17.4. The second-order valence-corrected chi connectivity index (χ2v) is 6.92. The Hall–Kier alpha value is -4.44. The fourth-order valence-corrected chi connectivity index (χ4v) is 3.04. The Balaban J connectivity index is 1.70. The van der Waals surface area contributed by atoms with Crippen LogP contribution in [0.25, 0.3) is 0 Å². The molecule has 0 unspecified atom stereocenters. The summed E-state index contributed by atoms with van der Waals surface area (Å²) in [6, 6.07) is 24.0. The smallest absolute Gasteiger partial charge is 0.340 e. The lowest BCUT2D eigenvalue weighted by molar-refractivity contribution is -0.121. The molecular formula is C25H21N3O4. The van der Waals surface area contributed by atoms with Crippen molar-refractivity contribution in [3.8, 4) is 6.07 Å². The molecule has 160 valence electrons. The van der Waals surface area contributed by atoms with E-state index in [9.17, 15) is 14.4 Å². The lowest BCUT2D eigenvalue weighted by Crippen LogP contribution is -2.35. The van der Waals surface area contributed by atoms with Gasteiger partial charge in [0.05, 0.1) is 17.3 Å². The van der Waals surface area contributed by atoms with Crippen molar-refractivity contribution in [2.24, 2.45) is 0 Å². The number of benzene rings is 3. The molecule has 0 spiro atoms. The maximum Gasteiger partial charge on any atom is 0.340 e. The van der Waals surface area contributed by atoms with Gasteiger partial charge in [0.25, 0.3) is 11.8 Å². The van der Waals surface area contributed by atoms with Crippen LogP contribution in [0.4, 0.5) is 11.4 Å². The number of anilines is 2. The van der Waals surface area contributed by atoms with Gasteiger partial charge in [0, 0.05) is 11.3 Å². The number of nitriles is 1. The highest BCUT2D eigenvalue weighted by molar-refractivity contribution is 6.08. The number of nitrogens with zero attached hydrogens (tertiary/aromatic N) is 2. The van der Waals surface area contributed by atoms with Gasteiger partial charge in [-0.1, -0.05) is 48.0 Å². The highest BCUT2D eigenvalue weighted by Crippen LogP contribution is 2.19. The zero-order chi connectivity index (χ0) is 22.9. The number of carbonyl (C=O) groups excluding carboxylic acids is 3. The van der Waals surface area contributed by atoms with Crippen LogP contribution >= 0.6 is 0 Å². The maximum absolute atomic E-state index is 12.6. The molecule has 0 saturated heterocycles. The summed E-state index contributed by atoms with van der Waals surface area (Å²) >= 11 is 0. The summed E-state index contributed by atoms with van der Waals surface area (Å²) in [5.41, 5.74) is 2.31. The Morgan fingerprint density at radius 2 is 1.69 bits per heavy atom. The third-order valence-electron chi connectivity index (χ3n) is 4.60. The summed E-state index contributed by atoms with van der Waals surface area (Å²) in [6.07, 6.45) is 0. The molecule has 7 nitrogen and oxygen atoms in total. The van der Waals surface area contributed by atoms with E-state index < -0.39 is 18.5 Å². The fraction of sp³-hybridized carbons (Fsp3) is 0.120. The maximum atomic E-state index is 12.6. The summed E-state index contributed by atoms with van der Waals surface area (Å²) in [6.45, 7) is 1.16. The summed E-state index contributed by atoms with van der Waals surface area (Å²) in [5, 5.41) is 11.8. The molecule has 0 aliphatic carbocycles. The molecule has 0 aliphatic rings. The fourth-order valence-electron chi connectivity index (χ4n) is 3.04. The van der Waals surface area contributed by atoms with Gasteiger partial charge in [-0.05, 0) is 43.3 Å². The molecule has 3 aromatic carbocycles. The van der Waals surface area contributed by atoms with Gasteiger partial charge in [0.1, 0.15) is 6.54 Å². The Labute approximate surface area is 185 Å². The number of carbonyl (C=O) groups is 3. The standard InChI is InChI=1S/C25H21N3O4/c1-18-8-7-9-19(16-18)24(30)27-22-13-6-5-12-21(22)25(31)32-17-23(29)28(15-14-26)20-10-3-2-4-11-20/h2-13,16H,15,17H2,1H3,(H,27,30). The first-order valence-corrected chi connectivity index (χ1v) is 9.86. The minimum Gasteiger partial charge on any atom is -0.452 e. The number of aryl methyl sites for hydroxylation is 1. The van der Waals surface area contributed by atoms with Gasteiger partial charge in [0.15, 0.2) is 6.61 Å². The van der Waals surface area contributed by atoms with E-state index in [0.29, 0.717) is 11.3 Å². The third kappa shape index (κ3) is 5.58. The Bertz CT molecular complexity index is 1170. The van der Waals surface area contributed by atoms with E-state index in [2.05, 4.69) is 5.32 Å². The van der Waals surface area contributed by atoms with E-state index in [-0.39, 0.29) is 23.7 Å². The molecule has 0 radical (unpaired) electrons. The molecule has 0 saturated carbocycles. The predicted molar refractivity (Wildman–Crippen MR) is 120 cm³/mol. The van der Waals surface area contributed by atoms with E-state index in [1.54, 1.807) is 66.7 Å². The first kappa shape index (κ1) is 22.2. The second-order valence-electron chi connectivity index (χ2n) is 6.92. The SMILES string of the molecule is Cc1cccc(C(=O)Nc2ccccc2C(=O)OCC(=O)N(CC#N)c2ccccc2)c1. The molecule has 32 heavy (non-hydrogen) atoms. The van der Waals surface area contributed by atoms with Crippen LogP contribution in [-0.4, -0.2) is 30.9 Å². The topological polar surface area (TPSA) is 99.5 Å². The average Bonchev–Trinajstić information content (AvgIpc) is 2.81. The summed E-state index contributed by atoms with van der Waals surface area (Å²) in [5.74, 6) is -1.66. The molecule has 7 heteroatoms. The molecule has 0 aromatic heterocycles. The van der Waals surface area contributed by atoms with Gasteiger partial charge in [-0.2, -0.15) is 5.26 Å². The van der Waals surface area contributed by atoms with Gasteiger partial charge >= 0.3 is 5.97 Å². The molecule has 1 N–H and O–H groups in total. The van der Waals surface area contributed by atoms with Crippen LogP contribution < -0.4 is 10.2 Å². The van der Waals surface area contributed by atoms with Gasteiger partial charge in [-0.25, -0.2) is 4.79 Å². The molecule has 0 bridgehead atoms. The van der Waals surface area contributed by atoms with Crippen molar-refractivity contribution in [3.05, 3.63) is 95.6 Å². The Kier molecular flexibility index (Phi) is 7.33. The zero-order valence-corrected chi connectivity index (χ0v) is 17.4. The Morgan fingerprint density at radius 3 is 2.41 bits per heavy atom. The molecule has 2 amide bonds. The van der Waals surface area contributed by atoms with Crippen molar-refractivity contribution in [2.45, 2.75) is 6.92 Å². The molecule has 3 aromatic rings. The van der Waals surface area contributed by atoms with E-state index in [1.165, 1.54) is 11.0 Å². The lowest BCUT2D eigenvalue weighted by Gasteiger charge is -2.19. The number of para-hydroxylation sites is 2. The van der Waals surface area contributed by atoms with Gasteiger partial charge in [0.2, 0.25) is 0 Å². The quantitative estimate of drug-likeness (QED) is 0.454. The van der Waals surface area contributed by atoms with Crippen LogP contribution in [-0.2, 0) is 9.53 Å². The van der Waals surface area contributed by atoms with Crippen molar-refractivity contribution in [2.75, 3.05) is 23.4 Å². The second kappa shape index (κ2) is 10.5. The van der Waals surface area contributed by atoms with Crippen LogP contribution in [0.5, 0.6) is 0 Å². The van der Waals surface area contributed by atoms with Crippen molar-refractivity contribution in [3.63, 3.8) is 0 Å². The first-order chi connectivity index (χ1) is 15.5. The van der Waals surface area contributed by atoms with E-state index in [4.69, 9.17) is 10.00 Å². The monoisotopic (exact) mass is 427 g/mol. The van der Waals surface area contributed by atoms with Crippen LogP contribution in [0.3, 0.4) is 0 Å². The summed E-state index contributed by atoms with van der Waals surface area (Å²) < 4.78 is 5.19. The highest BCUT2D eigenvalue weighted by atomic mass is 16.5. The lowest BCUT2D eigenvalue weighted by atomic mass is 10.1. The van der Waals surface area contributed by atoms with Gasteiger partial charge in [-0.15, -0.1) is 0 Å². The van der Waals surface area contributed by atoms with Crippen molar-refractivity contribution in [1.29, 1.82) is 5.26 Å². The van der Waals surface area contributed by atoms with E-state index in [0.717, 1.165) is 5.56 Å². The number of ether oxygens (including phenoxy) is 1. The van der Waals surface area contributed by atoms with Crippen LogP contribution in [0.1, 0.15) is 26.3 Å². The molecule has 3 rings (SSSR count). The molecule has 0 atom stereocenters. The number of amides is 2. The number of rotatable bonds is 7. The van der Waals surface area contributed by atoms with Crippen LogP contribution in [0.15, 0.2) is 78.9 Å². The van der Waals surface area contributed by atoms with Crippen molar-refractivity contribution >= 4 is 29.2 Å². The number of esters is 1. The minimum absolute atomic E-state index is 0.118. The summed E-state index contributed by atoms with van der Waals surface area (Å²) in [4.78, 5) is 39.0. The van der Waals surface area contributed by atoms with Crippen molar-refractivity contribution < 1.29 is 19.1 Å². The number of hydrogen-bond donors (Lipinski definition) is 1. The Morgan fingerprint density at radius 1 is 0.969 bits per heavy atom. The largest absolute Gasteiger partial charge is 0.452 e. The average molecular weight is 427 g/mol. The minimum atomic E-state index is -0.761. The number of nitrogens with one attached hydrogen (secondary N) is 1. The van der Waals surface area contributed by atoms with Gasteiger partial charge in [-0.3, -0.25) is 14.5 Å². The van der Waals surface area contributed by atoms with E-state index >= 15 is 0 Å². The summed E-state index contributed by atoms with van der Waals surface area (Å²) in [7, 11) is 0. The molecular weight excluding hydrogens is 406 g/mol. The predicted octanol–water partition coefficient (Wildman–Crippen LogP) is 3.96. The highest BCUT2D eigenvalue weighted by Gasteiger charge is 2.20. The van der Waals surface area contributed by atoms with Crippen LogP contribution in [0.2, 0.25) is 0 Å². The van der Waals surface area contributed by atoms with Crippen LogP contribution in [0, 0.1) is 18.3 Å². The van der Waals surface area contributed by atoms with Crippen molar-refractivity contribution in [1.82, 2.24) is 0 Å². The molecule has 0 heterocycles. The molecule has 0 fully saturated rings. The first-order valence-electron chi connectivity index (χ1n) is 9.86. The normalized spacial score (nSPS) is 10.0. The van der Waals surface area contributed by atoms with E-state index in [1.807, 2.05) is 19.1 Å². The number of hydrogen-bond acceptors (Lipinski definition) is 5. The van der Waals surface area contributed by atoms with Gasteiger partial charge < -0.3 is 10.1 Å². The third-order valence-corrected chi connectivity index (χ3v) is 4.60.